The van der Waals surface area contributed by atoms with Gasteiger partial charge in [-0.15, -0.1) is 0 Å². The van der Waals surface area contributed by atoms with Crippen LogP contribution in [0.3, 0.4) is 0 Å². The lowest BCUT2D eigenvalue weighted by Crippen LogP contribution is -2.18. The molecule has 1 N–H and O–H groups in total. The van der Waals surface area contributed by atoms with Crippen LogP contribution in [0.2, 0.25) is 0 Å². The maximum absolute atomic E-state index is 5.20. The first-order chi connectivity index (χ1) is 8.31. The Balaban J connectivity index is 1.98. The van der Waals surface area contributed by atoms with Crippen LogP contribution in [0.4, 0.5) is 0 Å². The third-order valence-corrected chi connectivity index (χ3v) is 2.69. The molecule has 90 valence electrons. The Morgan fingerprint density at radius 3 is 3.06 bits per heavy atom. The first-order valence-electron chi connectivity index (χ1n) is 5.54. The molecule has 1 atom stereocenters. The van der Waals surface area contributed by atoms with Gasteiger partial charge in [0.1, 0.15) is 0 Å². The second-order valence-corrected chi connectivity index (χ2v) is 3.83. The summed E-state index contributed by atoms with van der Waals surface area (Å²) in [5.41, 5.74) is 2.18. The summed E-state index contributed by atoms with van der Waals surface area (Å²) in [6, 6.07) is 6.10. The van der Waals surface area contributed by atoms with E-state index in [-0.39, 0.29) is 6.04 Å². The first-order valence-corrected chi connectivity index (χ1v) is 5.54. The lowest BCUT2D eigenvalue weighted by Gasteiger charge is -2.13. The van der Waals surface area contributed by atoms with E-state index < -0.39 is 0 Å². The van der Waals surface area contributed by atoms with E-state index in [0.29, 0.717) is 12.4 Å². The van der Waals surface area contributed by atoms with Gasteiger partial charge in [0.25, 0.3) is 0 Å². The number of rotatable bonds is 5. The van der Waals surface area contributed by atoms with Crippen molar-refractivity contribution in [3.8, 4) is 5.88 Å². The maximum Gasteiger partial charge on any atom is 0.217 e. The average molecular weight is 232 g/mol. The minimum atomic E-state index is 0.235. The molecule has 1 unspecified atom stereocenters. The van der Waals surface area contributed by atoms with Gasteiger partial charge in [0, 0.05) is 29.9 Å². The molecule has 0 aliphatic carbocycles. The molecule has 0 saturated heterocycles. The van der Waals surface area contributed by atoms with Crippen molar-refractivity contribution in [1.29, 1.82) is 0 Å². The maximum atomic E-state index is 5.20. The number of nitrogens with one attached hydrogen (secondary N) is 1. The zero-order valence-corrected chi connectivity index (χ0v) is 10.0. The van der Waals surface area contributed by atoms with Crippen molar-refractivity contribution in [2.75, 3.05) is 7.11 Å². The van der Waals surface area contributed by atoms with Crippen molar-refractivity contribution >= 4 is 0 Å². The monoisotopic (exact) mass is 232 g/mol. The Labute approximate surface area is 101 Å². The Morgan fingerprint density at radius 2 is 2.35 bits per heavy atom. The van der Waals surface area contributed by atoms with E-state index in [9.17, 15) is 0 Å². The van der Waals surface area contributed by atoms with Crippen LogP contribution in [-0.2, 0) is 6.54 Å². The van der Waals surface area contributed by atoms with Crippen LogP contribution in [0.25, 0.3) is 0 Å². The molecule has 0 spiro atoms. The van der Waals surface area contributed by atoms with Crippen molar-refractivity contribution in [2.45, 2.75) is 19.5 Å². The van der Waals surface area contributed by atoms with Gasteiger partial charge in [0.05, 0.1) is 19.6 Å². The van der Waals surface area contributed by atoms with Gasteiger partial charge in [-0.05, 0) is 19.1 Å². The molecule has 17 heavy (non-hydrogen) atoms. The van der Waals surface area contributed by atoms with Crippen molar-refractivity contribution < 1.29 is 9.15 Å². The fourth-order valence-corrected chi connectivity index (χ4v) is 1.64. The molecule has 0 fully saturated rings. The zero-order chi connectivity index (χ0) is 12.1. The van der Waals surface area contributed by atoms with E-state index in [1.54, 1.807) is 25.8 Å². The molecule has 0 aliphatic rings. The van der Waals surface area contributed by atoms with Crippen molar-refractivity contribution in [3.05, 3.63) is 48.0 Å². The second-order valence-electron chi connectivity index (χ2n) is 3.83. The van der Waals surface area contributed by atoms with E-state index in [1.165, 1.54) is 0 Å². The minimum Gasteiger partial charge on any atom is -0.481 e. The van der Waals surface area contributed by atoms with E-state index in [2.05, 4.69) is 17.2 Å². The van der Waals surface area contributed by atoms with Crippen LogP contribution in [0.1, 0.15) is 24.1 Å². The van der Waals surface area contributed by atoms with Crippen LogP contribution in [0.15, 0.2) is 41.3 Å². The van der Waals surface area contributed by atoms with Crippen LogP contribution in [-0.4, -0.2) is 12.1 Å². The van der Waals surface area contributed by atoms with Gasteiger partial charge in [-0.2, -0.15) is 0 Å². The van der Waals surface area contributed by atoms with Crippen molar-refractivity contribution in [1.82, 2.24) is 10.3 Å². The molecule has 0 radical (unpaired) electrons. The number of pyridine rings is 1. The molecule has 0 amide bonds. The standard InChI is InChI=1S/C13H16N2O2/c1-10(12-5-7-17-9-12)15-8-11-4-3-6-14-13(11)16-2/h3-7,9-10,15H,8H2,1-2H3. The summed E-state index contributed by atoms with van der Waals surface area (Å²) >= 11 is 0. The lowest BCUT2D eigenvalue weighted by atomic mass is 10.1. The van der Waals surface area contributed by atoms with Crippen LogP contribution in [0, 0.1) is 0 Å². The molecule has 2 aromatic heterocycles. The topological polar surface area (TPSA) is 47.3 Å². The number of nitrogens with zero attached hydrogens (tertiary/aromatic N) is 1. The quantitative estimate of drug-likeness (QED) is 0.860. The van der Waals surface area contributed by atoms with Crippen LogP contribution >= 0.6 is 0 Å². The summed E-state index contributed by atoms with van der Waals surface area (Å²) in [6.07, 6.45) is 5.15. The Kier molecular flexibility index (Phi) is 3.77. The predicted molar refractivity (Wildman–Crippen MR) is 64.8 cm³/mol. The minimum absolute atomic E-state index is 0.235. The smallest absolute Gasteiger partial charge is 0.217 e. The van der Waals surface area contributed by atoms with Gasteiger partial charge < -0.3 is 14.5 Å². The summed E-state index contributed by atoms with van der Waals surface area (Å²) in [7, 11) is 1.63. The summed E-state index contributed by atoms with van der Waals surface area (Å²) in [6.45, 7) is 2.80. The SMILES string of the molecule is COc1ncccc1CNC(C)c1ccoc1. The summed E-state index contributed by atoms with van der Waals surface area (Å²) in [5, 5.41) is 3.40. The highest BCUT2D eigenvalue weighted by atomic mass is 16.5. The average Bonchev–Trinajstić information content (AvgIpc) is 2.90. The summed E-state index contributed by atoms with van der Waals surface area (Å²) in [5.74, 6) is 0.666. The zero-order valence-electron chi connectivity index (χ0n) is 10.0. The van der Waals surface area contributed by atoms with E-state index in [0.717, 1.165) is 11.1 Å². The Bertz CT molecular complexity index is 454. The van der Waals surface area contributed by atoms with Gasteiger partial charge in [-0.3, -0.25) is 0 Å². The molecule has 4 nitrogen and oxygen atoms in total. The number of ether oxygens (including phenoxy) is 1. The van der Waals surface area contributed by atoms with Crippen molar-refractivity contribution in [2.24, 2.45) is 0 Å². The molecule has 2 heterocycles. The molecule has 0 aromatic carbocycles. The molecule has 0 bridgehead atoms. The predicted octanol–water partition coefficient (Wildman–Crippen LogP) is 2.53. The van der Waals surface area contributed by atoms with Gasteiger partial charge >= 0.3 is 0 Å². The molecule has 0 saturated carbocycles. The molecule has 2 aromatic rings. The fraction of sp³-hybridized carbons (Fsp3) is 0.308. The van der Waals surface area contributed by atoms with Crippen molar-refractivity contribution in [3.63, 3.8) is 0 Å². The molecule has 4 heteroatoms. The number of aromatic nitrogens is 1. The third kappa shape index (κ3) is 2.85. The van der Waals surface area contributed by atoms with E-state index >= 15 is 0 Å². The molecular formula is C13H16N2O2. The lowest BCUT2D eigenvalue weighted by molar-refractivity contribution is 0.389. The van der Waals surface area contributed by atoms with Gasteiger partial charge in [-0.25, -0.2) is 4.98 Å². The number of hydrogen-bond donors (Lipinski definition) is 1. The van der Waals surface area contributed by atoms with Gasteiger partial charge in [0.15, 0.2) is 0 Å². The first kappa shape index (κ1) is 11.7. The number of furan rings is 1. The molecule has 2 rings (SSSR count). The largest absolute Gasteiger partial charge is 0.481 e. The number of hydrogen-bond acceptors (Lipinski definition) is 4. The fourth-order valence-electron chi connectivity index (χ4n) is 1.64. The second kappa shape index (κ2) is 5.50. The van der Waals surface area contributed by atoms with Crippen LogP contribution < -0.4 is 10.1 Å². The summed E-state index contributed by atoms with van der Waals surface area (Å²) in [4.78, 5) is 4.16. The van der Waals surface area contributed by atoms with E-state index in [1.807, 2.05) is 18.2 Å². The van der Waals surface area contributed by atoms with E-state index in [4.69, 9.17) is 9.15 Å². The Hall–Kier alpha value is -1.81. The highest BCUT2D eigenvalue weighted by Gasteiger charge is 2.08. The third-order valence-electron chi connectivity index (χ3n) is 2.69. The highest BCUT2D eigenvalue weighted by molar-refractivity contribution is 5.25. The Morgan fingerprint density at radius 1 is 1.47 bits per heavy atom. The van der Waals surface area contributed by atoms with Crippen LogP contribution in [0.5, 0.6) is 5.88 Å². The normalized spacial score (nSPS) is 12.4. The summed E-state index contributed by atoms with van der Waals surface area (Å²) < 4.78 is 10.3. The van der Waals surface area contributed by atoms with Gasteiger partial charge in [0.2, 0.25) is 5.88 Å². The highest BCUT2D eigenvalue weighted by Crippen LogP contribution is 2.16. The van der Waals surface area contributed by atoms with Gasteiger partial charge in [-0.1, -0.05) is 6.07 Å². The number of methoxy groups -OCH3 is 1. The molecule has 0 aliphatic heterocycles. The molecular weight excluding hydrogens is 216 g/mol.